The molecular formula is C123H82N16. The van der Waals surface area contributed by atoms with Crippen LogP contribution in [0.15, 0.2) is 474 Å². The average molecular weight is 1780 g/mol. The van der Waals surface area contributed by atoms with Gasteiger partial charge in [-0.25, -0.2) is 24.9 Å². The second-order valence-electron chi connectivity index (χ2n) is 34.3. The average Bonchev–Trinajstić information content (AvgIpc) is 1.56. The molecule has 12 aromatic heterocycles. The molecule has 0 unspecified atom stereocenters. The predicted molar refractivity (Wildman–Crippen MR) is 568 cm³/mol. The predicted octanol–water partition coefficient (Wildman–Crippen LogP) is 29.9. The maximum Gasteiger partial charge on any atom is 0.238 e. The van der Waals surface area contributed by atoms with Gasteiger partial charge in [-0.1, -0.05) is 286 Å². The van der Waals surface area contributed by atoms with E-state index in [1.807, 2.05) is 97.2 Å². The molecule has 0 N–H and O–H groups in total. The third-order valence-corrected chi connectivity index (χ3v) is 26.4. The van der Waals surface area contributed by atoms with Gasteiger partial charge in [0.15, 0.2) is 23.3 Å². The van der Waals surface area contributed by atoms with E-state index in [2.05, 4.69) is 388 Å². The molecule has 0 bridgehead atoms. The lowest BCUT2D eigenvalue weighted by molar-refractivity contribution is 0.953. The van der Waals surface area contributed by atoms with Crippen molar-refractivity contribution in [3.05, 3.63) is 474 Å². The minimum Gasteiger partial charge on any atom is -0.309 e. The van der Waals surface area contributed by atoms with Gasteiger partial charge in [0.25, 0.3) is 0 Å². The number of aromatic nitrogens is 16. The second kappa shape index (κ2) is 34.5. The first kappa shape index (κ1) is 81.9. The minimum atomic E-state index is 0. The Hall–Kier alpha value is -19.1. The molecule has 0 saturated heterocycles. The normalized spacial score (nSPS) is 11.5. The van der Waals surface area contributed by atoms with Gasteiger partial charge in [-0.05, 0) is 157 Å². The van der Waals surface area contributed by atoms with Crippen molar-refractivity contribution in [2.24, 2.45) is 0 Å². The number of rotatable bonds is 13. The van der Waals surface area contributed by atoms with Gasteiger partial charge in [0.2, 0.25) is 5.95 Å². The number of benzene rings is 16. The molecule has 0 spiro atoms. The topological polar surface area (TPSA) is 158 Å². The summed E-state index contributed by atoms with van der Waals surface area (Å²) in [6, 6.07) is 153. The maximum absolute atomic E-state index is 5.16. The lowest BCUT2D eigenvalue weighted by Crippen LogP contribution is -2.06. The van der Waals surface area contributed by atoms with Gasteiger partial charge in [-0.2, -0.15) is 9.97 Å². The number of hydrogen-bond donors (Lipinski definition) is 0. The van der Waals surface area contributed by atoms with Crippen molar-refractivity contribution in [2.75, 3.05) is 0 Å². The van der Waals surface area contributed by atoms with Gasteiger partial charge >= 0.3 is 0 Å². The van der Waals surface area contributed by atoms with Crippen LogP contribution in [0.1, 0.15) is 7.43 Å². The monoisotopic (exact) mass is 1780 g/mol. The van der Waals surface area contributed by atoms with Crippen LogP contribution in [0.25, 0.3) is 245 Å². The zero-order valence-corrected chi connectivity index (χ0v) is 74.2. The fourth-order valence-electron chi connectivity index (χ4n) is 20.1. The standard InChI is InChI=1S/C45H29N5.C39H25N5.C38H24N6.CH4/c1-3-13-30(14-4-1)31-23-25-33(26-24-31)44-46-43(32-15-5-2-6-16-32)47-45(48-44)50-41-22-12-9-19-37(41)38-29-34(27-28-42(38)50)49-39-20-10-7-17-35(39)36-18-8-11-21-40(36)49;1-2-11-26(12-3-1)39-41-33(27-13-10-22-40-25-27)24-38(42-39)44-36-19-9-6-16-31(36)32-23-28(20-21-37(32)44)43-34-17-7-4-14-29(34)30-15-5-8-18-35(30)43;1-4-10-33-28(7-1)29-8-2-5-11-34(29)43(33)27-13-14-36-31(23-27)30-9-3-6-12-35(30)44(36)37-24-32(25-15-19-39-20-16-25)41-38(42-37)26-17-21-40-22-18-26;/h1-29H;1-25H;1-24H;1H4. The first-order valence-electron chi connectivity index (χ1n) is 46.1. The lowest BCUT2D eigenvalue weighted by atomic mass is 10.0. The summed E-state index contributed by atoms with van der Waals surface area (Å²) >= 11 is 0. The SMILES string of the molecule is C.c1ccc(-c2ccc(-c3nc(-c4ccccc4)nc(-n4c5ccccc5c5cc(-n6c7ccccc7c7ccccc76)ccc54)n3)cc2)cc1.c1ccc(-c2nc(-c3cccnc3)cc(-n3c4ccccc4c4cc(-n5c6ccccc6c6ccccc65)ccc43)n2)cc1.c1ccc2c(c1)c1ccccc1n2-c1ccc2c(c1)c1ccccc1n2-c1cc(-c2ccncc2)nc(-c2ccncc2)n1. The van der Waals surface area contributed by atoms with E-state index >= 15 is 0 Å². The zero-order valence-electron chi connectivity index (χ0n) is 74.2. The highest BCUT2D eigenvalue weighted by Gasteiger charge is 2.26. The van der Waals surface area contributed by atoms with E-state index in [0.717, 1.165) is 128 Å². The van der Waals surface area contributed by atoms with E-state index in [-0.39, 0.29) is 7.43 Å². The third kappa shape index (κ3) is 14.3. The summed E-state index contributed by atoms with van der Waals surface area (Å²) in [5.74, 6) is 4.77. The largest absolute Gasteiger partial charge is 0.309 e. The van der Waals surface area contributed by atoms with E-state index in [4.69, 9.17) is 34.9 Å². The molecule has 0 atom stereocenters. The summed E-state index contributed by atoms with van der Waals surface area (Å²) < 4.78 is 13.8. The Labute approximate surface area is 798 Å². The van der Waals surface area contributed by atoms with Crippen LogP contribution in [-0.2, 0) is 0 Å². The molecule has 16 nitrogen and oxygen atoms in total. The molecule has 12 heterocycles. The summed E-state index contributed by atoms with van der Waals surface area (Å²) in [4.78, 5) is 48.3. The van der Waals surface area contributed by atoms with Crippen molar-refractivity contribution in [1.82, 2.24) is 77.2 Å². The molecule has 28 aromatic rings. The molecule has 654 valence electrons. The summed E-state index contributed by atoms with van der Waals surface area (Å²) in [6.07, 6.45) is 10.8. The van der Waals surface area contributed by atoms with Gasteiger partial charge < -0.3 is 13.7 Å². The summed E-state index contributed by atoms with van der Waals surface area (Å²) in [5, 5.41) is 14.4. The quantitative estimate of drug-likeness (QED) is 0.109. The minimum absolute atomic E-state index is 0. The molecule has 0 saturated carbocycles. The number of hydrogen-bond acceptors (Lipinski definition) is 10. The van der Waals surface area contributed by atoms with Crippen molar-refractivity contribution < 1.29 is 0 Å². The van der Waals surface area contributed by atoms with Crippen LogP contribution in [0.2, 0.25) is 0 Å². The van der Waals surface area contributed by atoms with Crippen molar-refractivity contribution in [2.45, 2.75) is 7.43 Å². The lowest BCUT2D eigenvalue weighted by Gasteiger charge is -2.12. The van der Waals surface area contributed by atoms with Crippen LogP contribution >= 0.6 is 0 Å². The Bertz CT molecular complexity index is 8960. The van der Waals surface area contributed by atoms with Crippen molar-refractivity contribution in [3.8, 4) is 114 Å². The Morgan fingerprint density at radius 3 is 0.770 bits per heavy atom. The molecule has 139 heavy (non-hydrogen) atoms. The van der Waals surface area contributed by atoms with Crippen LogP contribution in [-0.4, -0.2) is 77.2 Å². The summed E-state index contributed by atoms with van der Waals surface area (Å²) in [7, 11) is 0. The van der Waals surface area contributed by atoms with Gasteiger partial charge in [-0.3, -0.25) is 28.7 Å². The zero-order chi connectivity index (χ0) is 91.1. The van der Waals surface area contributed by atoms with Crippen LogP contribution in [0.5, 0.6) is 0 Å². The fraction of sp³-hybridized carbons (Fsp3) is 0.00813. The molecule has 0 aliphatic rings. The highest BCUT2D eigenvalue weighted by atomic mass is 15.2. The number of para-hydroxylation sites is 9. The van der Waals surface area contributed by atoms with Crippen LogP contribution in [0, 0.1) is 0 Å². The number of nitrogens with zero attached hydrogens (tertiary/aromatic N) is 16. The Morgan fingerprint density at radius 1 is 0.151 bits per heavy atom. The summed E-state index contributed by atoms with van der Waals surface area (Å²) in [5.41, 5.74) is 26.6. The van der Waals surface area contributed by atoms with E-state index in [1.165, 1.54) is 87.1 Å². The van der Waals surface area contributed by atoms with Crippen molar-refractivity contribution in [3.63, 3.8) is 0 Å². The number of pyridine rings is 3. The van der Waals surface area contributed by atoms with Crippen molar-refractivity contribution in [1.29, 1.82) is 0 Å². The second-order valence-corrected chi connectivity index (χ2v) is 34.3. The van der Waals surface area contributed by atoms with Gasteiger partial charge in [0, 0.05) is 164 Å². The number of fused-ring (bicyclic) bond motifs is 18. The molecule has 0 aliphatic heterocycles. The first-order valence-corrected chi connectivity index (χ1v) is 46.1. The maximum atomic E-state index is 5.16. The fourth-order valence-corrected chi connectivity index (χ4v) is 20.1. The first-order chi connectivity index (χ1) is 68.5. The van der Waals surface area contributed by atoms with Gasteiger partial charge in [0.1, 0.15) is 11.6 Å². The molecule has 16 aromatic carbocycles. The Morgan fingerprint density at radius 2 is 0.410 bits per heavy atom. The van der Waals surface area contributed by atoms with E-state index in [0.29, 0.717) is 29.2 Å². The molecule has 0 aliphatic carbocycles. The van der Waals surface area contributed by atoms with Crippen LogP contribution in [0.4, 0.5) is 0 Å². The molecule has 16 heteroatoms. The molecular weight excluding hydrogens is 1700 g/mol. The Kier molecular flexibility index (Phi) is 20.3. The highest BCUT2D eigenvalue weighted by Crippen LogP contribution is 2.44. The van der Waals surface area contributed by atoms with Gasteiger partial charge in [-0.15, -0.1) is 0 Å². The molecule has 0 radical (unpaired) electrons. The highest BCUT2D eigenvalue weighted by molar-refractivity contribution is 6.16. The third-order valence-electron chi connectivity index (χ3n) is 26.4. The van der Waals surface area contributed by atoms with Crippen LogP contribution in [0.3, 0.4) is 0 Å². The van der Waals surface area contributed by atoms with Crippen molar-refractivity contribution >= 4 is 131 Å². The van der Waals surface area contributed by atoms with Crippen LogP contribution < -0.4 is 0 Å². The van der Waals surface area contributed by atoms with E-state index in [9.17, 15) is 0 Å². The smallest absolute Gasteiger partial charge is 0.238 e. The van der Waals surface area contributed by atoms with E-state index < -0.39 is 0 Å². The Balaban J connectivity index is 0.000000110. The molecule has 0 fully saturated rings. The summed E-state index contributed by atoms with van der Waals surface area (Å²) in [6.45, 7) is 0. The van der Waals surface area contributed by atoms with Gasteiger partial charge in [0.05, 0.1) is 77.6 Å². The molecule has 0 amide bonds. The van der Waals surface area contributed by atoms with E-state index in [1.54, 1.807) is 31.0 Å². The molecule has 28 rings (SSSR count).